The van der Waals surface area contributed by atoms with Crippen LogP contribution in [-0.4, -0.2) is 27.2 Å². The molecule has 0 spiro atoms. The minimum atomic E-state index is -1.01. The first-order valence-electron chi connectivity index (χ1n) is 8.85. The van der Waals surface area contributed by atoms with Crippen LogP contribution in [0.3, 0.4) is 0 Å². The van der Waals surface area contributed by atoms with Gasteiger partial charge in [0.15, 0.2) is 6.61 Å². The summed E-state index contributed by atoms with van der Waals surface area (Å²) in [6.07, 6.45) is 1.78. The van der Waals surface area contributed by atoms with Crippen LogP contribution >= 0.6 is 0 Å². The van der Waals surface area contributed by atoms with Crippen molar-refractivity contribution in [3.8, 4) is 34.0 Å². The molecule has 0 saturated carbocycles. The summed E-state index contributed by atoms with van der Waals surface area (Å²) in [5, 5.41) is 8.84. The molecule has 4 aromatic rings. The van der Waals surface area contributed by atoms with Crippen molar-refractivity contribution < 1.29 is 14.6 Å². The van der Waals surface area contributed by atoms with Gasteiger partial charge in [-0.15, -0.1) is 0 Å². The van der Waals surface area contributed by atoms with Crippen molar-refractivity contribution in [2.75, 3.05) is 6.61 Å². The number of hydrogen-bond donors (Lipinski definition) is 1. The van der Waals surface area contributed by atoms with E-state index in [1.807, 2.05) is 83.4 Å². The second-order valence-corrected chi connectivity index (χ2v) is 6.22. The number of carbonyl (C=O) groups is 1. The summed E-state index contributed by atoms with van der Waals surface area (Å²) >= 11 is 0. The Hall–Kier alpha value is -3.86. The Kier molecular flexibility index (Phi) is 4.89. The Bertz CT molecular complexity index is 1090. The van der Waals surface area contributed by atoms with Crippen LogP contribution in [-0.2, 0) is 4.79 Å². The fourth-order valence-corrected chi connectivity index (χ4v) is 3.09. The van der Waals surface area contributed by atoms with Gasteiger partial charge in [-0.25, -0.2) is 9.78 Å². The van der Waals surface area contributed by atoms with E-state index in [4.69, 9.17) is 9.84 Å². The van der Waals surface area contributed by atoms with Crippen LogP contribution in [0, 0.1) is 0 Å². The second kappa shape index (κ2) is 7.80. The van der Waals surface area contributed by atoms with Crippen LogP contribution in [0.5, 0.6) is 5.75 Å². The first-order valence-corrected chi connectivity index (χ1v) is 8.85. The lowest BCUT2D eigenvalue weighted by atomic mass is 10.0. The maximum Gasteiger partial charge on any atom is 0.341 e. The zero-order valence-corrected chi connectivity index (χ0v) is 15.0. The number of hydrogen-bond acceptors (Lipinski definition) is 3. The molecule has 3 aromatic carbocycles. The van der Waals surface area contributed by atoms with Gasteiger partial charge in [-0.1, -0.05) is 66.7 Å². The standard InChI is InChI=1S/C23H18N2O3/c26-21(27)15-28-20-13-7-12-19(14-20)25-16-24-22(17-8-3-1-4-9-17)23(25)18-10-5-2-6-11-18/h1-14,16H,15H2,(H,26,27). The number of aromatic nitrogens is 2. The smallest absolute Gasteiger partial charge is 0.341 e. The lowest BCUT2D eigenvalue weighted by Gasteiger charge is -2.12. The summed E-state index contributed by atoms with van der Waals surface area (Å²) in [5.74, 6) is -0.516. The van der Waals surface area contributed by atoms with Crippen LogP contribution in [0.4, 0.5) is 0 Å². The molecule has 0 aliphatic carbocycles. The van der Waals surface area contributed by atoms with Gasteiger partial charge in [0.05, 0.1) is 17.1 Å². The minimum absolute atomic E-state index is 0.381. The van der Waals surface area contributed by atoms with E-state index in [9.17, 15) is 4.79 Å². The van der Waals surface area contributed by atoms with Crippen molar-refractivity contribution in [1.82, 2.24) is 9.55 Å². The molecular weight excluding hydrogens is 352 g/mol. The van der Waals surface area contributed by atoms with Gasteiger partial charge in [-0.05, 0) is 12.1 Å². The average Bonchev–Trinajstić information content (AvgIpc) is 3.19. The van der Waals surface area contributed by atoms with Crippen molar-refractivity contribution in [3.05, 3.63) is 91.3 Å². The molecule has 5 heteroatoms. The molecule has 0 aliphatic heterocycles. The summed E-state index contributed by atoms with van der Waals surface area (Å²) < 4.78 is 7.32. The molecule has 1 heterocycles. The summed E-state index contributed by atoms with van der Waals surface area (Å²) in [5.41, 5.74) is 4.75. The molecule has 0 atom stereocenters. The van der Waals surface area contributed by atoms with Gasteiger partial charge < -0.3 is 9.84 Å². The van der Waals surface area contributed by atoms with Gasteiger partial charge in [0, 0.05) is 17.2 Å². The van der Waals surface area contributed by atoms with Crippen LogP contribution in [0.1, 0.15) is 0 Å². The molecule has 1 aromatic heterocycles. The monoisotopic (exact) mass is 370 g/mol. The highest BCUT2D eigenvalue weighted by Gasteiger charge is 2.16. The summed E-state index contributed by atoms with van der Waals surface area (Å²) in [7, 11) is 0. The molecule has 0 amide bonds. The Balaban J connectivity index is 1.83. The molecule has 4 rings (SSSR count). The molecule has 28 heavy (non-hydrogen) atoms. The van der Waals surface area contributed by atoms with E-state index in [-0.39, 0.29) is 6.61 Å². The van der Waals surface area contributed by atoms with Crippen molar-refractivity contribution >= 4 is 5.97 Å². The highest BCUT2D eigenvalue weighted by atomic mass is 16.5. The Labute approximate surface area is 162 Å². The van der Waals surface area contributed by atoms with Crippen LogP contribution in [0.2, 0.25) is 0 Å². The number of aliphatic carboxylic acids is 1. The maximum atomic E-state index is 10.8. The van der Waals surface area contributed by atoms with Gasteiger partial charge >= 0.3 is 5.97 Å². The van der Waals surface area contributed by atoms with Gasteiger partial charge in [-0.3, -0.25) is 4.57 Å². The van der Waals surface area contributed by atoms with Crippen molar-refractivity contribution in [2.24, 2.45) is 0 Å². The second-order valence-electron chi connectivity index (χ2n) is 6.22. The summed E-state index contributed by atoms with van der Waals surface area (Å²) in [6.45, 7) is -0.381. The van der Waals surface area contributed by atoms with E-state index in [0.29, 0.717) is 5.75 Å². The predicted molar refractivity (Wildman–Crippen MR) is 108 cm³/mol. The SMILES string of the molecule is O=C(O)COc1cccc(-n2cnc(-c3ccccc3)c2-c2ccccc2)c1. The van der Waals surface area contributed by atoms with Gasteiger partial charge in [-0.2, -0.15) is 0 Å². The third-order valence-corrected chi connectivity index (χ3v) is 4.32. The first-order chi connectivity index (χ1) is 13.7. The zero-order valence-electron chi connectivity index (χ0n) is 15.0. The van der Waals surface area contributed by atoms with Gasteiger partial charge in [0.1, 0.15) is 12.1 Å². The van der Waals surface area contributed by atoms with E-state index in [2.05, 4.69) is 4.98 Å². The Morgan fingerprint density at radius 1 is 0.893 bits per heavy atom. The van der Waals surface area contributed by atoms with Crippen molar-refractivity contribution in [3.63, 3.8) is 0 Å². The van der Waals surface area contributed by atoms with E-state index in [1.165, 1.54) is 0 Å². The van der Waals surface area contributed by atoms with Gasteiger partial charge in [0.25, 0.3) is 0 Å². The van der Waals surface area contributed by atoms with Crippen molar-refractivity contribution in [2.45, 2.75) is 0 Å². The number of rotatable bonds is 6. The molecule has 0 radical (unpaired) electrons. The number of carboxylic acid groups (broad SMARTS) is 1. The largest absolute Gasteiger partial charge is 0.482 e. The lowest BCUT2D eigenvalue weighted by Crippen LogP contribution is -2.09. The minimum Gasteiger partial charge on any atom is -0.482 e. The number of ether oxygens (including phenoxy) is 1. The van der Waals surface area contributed by atoms with E-state index in [1.54, 1.807) is 12.4 Å². The number of nitrogens with zero attached hydrogens (tertiary/aromatic N) is 2. The highest BCUT2D eigenvalue weighted by Crippen LogP contribution is 2.33. The first kappa shape index (κ1) is 17.5. The molecular formula is C23H18N2O3. The Morgan fingerprint density at radius 3 is 2.25 bits per heavy atom. The fraction of sp³-hybridized carbons (Fsp3) is 0.0435. The van der Waals surface area contributed by atoms with E-state index in [0.717, 1.165) is 28.2 Å². The molecule has 0 aliphatic rings. The predicted octanol–water partition coefficient (Wildman–Crippen LogP) is 4.67. The number of benzene rings is 3. The van der Waals surface area contributed by atoms with Crippen LogP contribution < -0.4 is 4.74 Å². The normalized spacial score (nSPS) is 10.6. The topological polar surface area (TPSA) is 64.3 Å². The lowest BCUT2D eigenvalue weighted by molar-refractivity contribution is -0.139. The molecule has 0 bridgehead atoms. The molecule has 5 nitrogen and oxygen atoms in total. The molecule has 0 unspecified atom stereocenters. The van der Waals surface area contributed by atoms with Crippen LogP contribution in [0.25, 0.3) is 28.2 Å². The quantitative estimate of drug-likeness (QED) is 0.536. The third kappa shape index (κ3) is 3.64. The van der Waals surface area contributed by atoms with E-state index >= 15 is 0 Å². The number of imidazole rings is 1. The molecule has 0 fully saturated rings. The van der Waals surface area contributed by atoms with Gasteiger partial charge in [0.2, 0.25) is 0 Å². The zero-order chi connectivity index (χ0) is 19.3. The van der Waals surface area contributed by atoms with Crippen molar-refractivity contribution in [1.29, 1.82) is 0 Å². The highest BCUT2D eigenvalue weighted by molar-refractivity contribution is 5.80. The average molecular weight is 370 g/mol. The summed E-state index contributed by atoms with van der Waals surface area (Å²) in [4.78, 5) is 15.5. The van der Waals surface area contributed by atoms with E-state index < -0.39 is 5.97 Å². The molecule has 138 valence electrons. The molecule has 1 N–H and O–H groups in total. The number of carboxylic acids is 1. The Morgan fingerprint density at radius 2 is 1.57 bits per heavy atom. The fourth-order valence-electron chi connectivity index (χ4n) is 3.09. The summed E-state index contributed by atoms with van der Waals surface area (Å²) in [6, 6.07) is 27.4. The third-order valence-electron chi connectivity index (χ3n) is 4.32. The maximum absolute atomic E-state index is 10.8. The van der Waals surface area contributed by atoms with Crippen LogP contribution in [0.15, 0.2) is 91.3 Å². The molecule has 0 saturated heterocycles.